The Morgan fingerprint density at radius 1 is 1.04 bits per heavy atom. The van der Waals surface area contributed by atoms with Gasteiger partial charge in [-0.05, 0) is 29.8 Å². The summed E-state index contributed by atoms with van der Waals surface area (Å²) in [6, 6.07) is 15.8. The van der Waals surface area contributed by atoms with E-state index >= 15 is 0 Å². The van der Waals surface area contributed by atoms with Crippen LogP contribution in [0.2, 0.25) is 0 Å². The molecule has 4 heteroatoms. The maximum absolute atomic E-state index is 13.1. The summed E-state index contributed by atoms with van der Waals surface area (Å²) in [7, 11) is 1.66. The molecule has 0 aliphatic carbocycles. The van der Waals surface area contributed by atoms with Crippen LogP contribution >= 0.6 is 0 Å². The van der Waals surface area contributed by atoms with E-state index in [9.17, 15) is 4.79 Å². The van der Waals surface area contributed by atoms with Crippen LogP contribution < -0.4 is 10.2 Å². The summed E-state index contributed by atoms with van der Waals surface area (Å²) >= 11 is 0. The second-order valence-corrected chi connectivity index (χ2v) is 6.45. The molecule has 0 radical (unpaired) electrons. The summed E-state index contributed by atoms with van der Waals surface area (Å²) in [6.45, 7) is 0. The number of benzene rings is 2. The molecule has 0 aliphatic heterocycles. The van der Waals surface area contributed by atoms with Crippen LogP contribution in [0.4, 0.5) is 0 Å². The Kier molecular flexibility index (Phi) is 3.19. The summed E-state index contributed by atoms with van der Waals surface area (Å²) < 4.78 is 7.70. The maximum Gasteiger partial charge on any atom is 0.192 e. The van der Waals surface area contributed by atoms with E-state index in [4.69, 9.17) is 4.74 Å². The minimum atomic E-state index is 0.0665. The summed E-state index contributed by atoms with van der Waals surface area (Å²) in [6.07, 6.45) is 6.07. The second-order valence-electron chi connectivity index (χ2n) is 6.45. The first-order valence-corrected chi connectivity index (χ1v) is 8.52. The van der Waals surface area contributed by atoms with Crippen LogP contribution in [-0.4, -0.2) is 16.5 Å². The molecule has 0 spiro atoms. The summed E-state index contributed by atoms with van der Waals surface area (Å²) in [5, 5.41) is 2.80. The molecular weight excluding hydrogens is 324 g/mol. The average Bonchev–Trinajstić information content (AvgIpc) is 3.02. The molecule has 5 rings (SSSR count). The first-order valence-electron chi connectivity index (χ1n) is 8.52. The Morgan fingerprint density at radius 3 is 2.73 bits per heavy atom. The van der Waals surface area contributed by atoms with E-state index in [1.165, 1.54) is 0 Å². The molecule has 0 saturated heterocycles. The third-order valence-electron chi connectivity index (χ3n) is 4.97. The molecule has 3 aromatic heterocycles. The van der Waals surface area contributed by atoms with Gasteiger partial charge in [0.2, 0.25) is 0 Å². The molecule has 0 unspecified atom stereocenters. The number of aromatic nitrogens is 2. The van der Waals surface area contributed by atoms with Crippen molar-refractivity contribution in [2.45, 2.75) is 6.42 Å². The molecule has 2 aromatic carbocycles. The number of ether oxygens (including phenoxy) is 1. The zero-order chi connectivity index (χ0) is 17.7. The Balaban J connectivity index is 1.90. The largest absolute Gasteiger partial charge is 0.496 e. The molecule has 0 aliphatic rings. The van der Waals surface area contributed by atoms with Crippen LogP contribution in [0.3, 0.4) is 0 Å². The molecule has 5 aromatic rings. The highest BCUT2D eigenvalue weighted by atomic mass is 16.5. The third kappa shape index (κ3) is 2.02. The van der Waals surface area contributed by atoms with Gasteiger partial charge in [0.25, 0.3) is 0 Å². The zero-order valence-corrected chi connectivity index (χ0v) is 14.3. The van der Waals surface area contributed by atoms with Gasteiger partial charge in [0.1, 0.15) is 5.75 Å². The highest BCUT2D eigenvalue weighted by Gasteiger charge is 2.18. The van der Waals surface area contributed by atoms with Gasteiger partial charge < -0.3 is 9.14 Å². The van der Waals surface area contributed by atoms with Gasteiger partial charge in [0.15, 0.2) is 5.43 Å². The van der Waals surface area contributed by atoms with E-state index < -0.39 is 0 Å². The number of para-hydroxylation sites is 1. The Morgan fingerprint density at radius 2 is 1.92 bits per heavy atom. The summed E-state index contributed by atoms with van der Waals surface area (Å²) in [4.78, 5) is 17.3. The molecule has 3 heterocycles. The lowest BCUT2D eigenvalue weighted by atomic mass is 10.0. The van der Waals surface area contributed by atoms with Gasteiger partial charge in [-0.15, -0.1) is 0 Å². The van der Waals surface area contributed by atoms with Crippen LogP contribution in [0.25, 0.3) is 27.2 Å². The molecule has 126 valence electrons. The van der Waals surface area contributed by atoms with E-state index in [0.717, 1.165) is 44.1 Å². The highest BCUT2D eigenvalue weighted by Crippen LogP contribution is 2.37. The quantitative estimate of drug-likeness (QED) is 0.498. The van der Waals surface area contributed by atoms with Crippen LogP contribution in [0.15, 0.2) is 71.9 Å². The van der Waals surface area contributed by atoms with Crippen LogP contribution in [0, 0.1) is 0 Å². The van der Waals surface area contributed by atoms with Crippen LogP contribution in [0.5, 0.6) is 5.75 Å². The lowest BCUT2D eigenvalue weighted by molar-refractivity contribution is 0.420. The zero-order valence-electron chi connectivity index (χ0n) is 14.3. The fraction of sp³-hybridized carbons (Fsp3) is 0.0909. The van der Waals surface area contributed by atoms with Crippen molar-refractivity contribution in [1.29, 1.82) is 0 Å². The van der Waals surface area contributed by atoms with Gasteiger partial charge in [-0.1, -0.05) is 24.3 Å². The predicted octanol–water partition coefficient (Wildman–Crippen LogP) is 4.04. The lowest BCUT2D eigenvalue weighted by Gasteiger charge is -2.08. The maximum atomic E-state index is 13.1. The molecule has 0 atom stereocenters. The standard InChI is InChI=1S/C22H16N2O2/c1-26-19-9-8-17-21-20(19)16-6-2-3-7-18(16)24(21)13-15(22(17)25)11-14-5-4-10-23-12-14/h2-10,12-13H,11H2,1H3. The second kappa shape index (κ2) is 5.56. The summed E-state index contributed by atoms with van der Waals surface area (Å²) in [5.41, 5.74) is 3.85. The van der Waals surface area contributed by atoms with Crippen molar-refractivity contribution in [1.82, 2.24) is 9.38 Å². The Labute approximate surface area is 149 Å². The molecule has 0 fully saturated rings. The van der Waals surface area contributed by atoms with Crippen molar-refractivity contribution in [2.24, 2.45) is 0 Å². The number of pyridine rings is 2. The van der Waals surface area contributed by atoms with Crippen molar-refractivity contribution in [3.05, 3.63) is 88.5 Å². The molecular formula is C22H16N2O2. The average molecular weight is 340 g/mol. The molecule has 0 bridgehead atoms. The predicted molar refractivity (Wildman–Crippen MR) is 103 cm³/mol. The van der Waals surface area contributed by atoms with E-state index in [2.05, 4.69) is 21.5 Å². The van der Waals surface area contributed by atoms with Crippen molar-refractivity contribution in [3.8, 4) is 5.75 Å². The third-order valence-corrected chi connectivity index (χ3v) is 4.97. The fourth-order valence-corrected chi connectivity index (χ4v) is 3.82. The molecule has 0 amide bonds. The monoisotopic (exact) mass is 340 g/mol. The van der Waals surface area contributed by atoms with Gasteiger partial charge in [-0.3, -0.25) is 9.78 Å². The number of fused-ring (bicyclic) bond motifs is 3. The number of rotatable bonds is 3. The number of methoxy groups -OCH3 is 1. The van der Waals surface area contributed by atoms with Crippen LogP contribution in [0.1, 0.15) is 11.1 Å². The highest BCUT2D eigenvalue weighted by molar-refractivity contribution is 6.16. The van der Waals surface area contributed by atoms with Gasteiger partial charge in [-0.2, -0.15) is 0 Å². The number of hydrogen-bond acceptors (Lipinski definition) is 3. The van der Waals surface area contributed by atoms with Crippen molar-refractivity contribution >= 4 is 27.2 Å². The van der Waals surface area contributed by atoms with Gasteiger partial charge in [0.05, 0.1) is 23.5 Å². The molecule has 4 nitrogen and oxygen atoms in total. The fourth-order valence-electron chi connectivity index (χ4n) is 3.82. The van der Waals surface area contributed by atoms with E-state index in [0.29, 0.717) is 6.42 Å². The van der Waals surface area contributed by atoms with Gasteiger partial charge in [0, 0.05) is 41.3 Å². The van der Waals surface area contributed by atoms with Crippen molar-refractivity contribution < 1.29 is 4.74 Å². The first-order chi connectivity index (χ1) is 12.8. The van der Waals surface area contributed by atoms with Crippen molar-refractivity contribution in [2.75, 3.05) is 7.11 Å². The van der Waals surface area contributed by atoms with E-state index in [-0.39, 0.29) is 5.43 Å². The SMILES string of the molecule is COc1ccc2c(=O)c(Cc3cccnc3)cn3c4ccccc4c1c23. The number of hydrogen-bond donors (Lipinski definition) is 0. The van der Waals surface area contributed by atoms with E-state index in [1.807, 2.05) is 42.6 Å². The first kappa shape index (κ1) is 14.9. The Hall–Kier alpha value is -3.40. The van der Waals surface area contributed by atoms with Gasteiger partial charge >= 0.3 is 0 Å². The Bertz CT molecular complexity index is 1310. The van der Waals surface area contributed by atoms with Gasteiger partial charge in [-0.25, -0.2) is 0 Å². The smallest absolute Gasteiger partial charge is 0.192 e. The lowest BCUT2D eigenvalue weighted by Crippen LogP contribution is -2.12. The van der Waals surface area contributed by atoms with Crippen LogP contribution in [-0.2, 0) is 6.42 Å². The molecule has 26 heavy (non-hydrogen) atoms. The number of nitrogens with zero attached hydrogens (tertiary/aromatic N) is 2. The van der Waals surface area contributed by atoms with Crippen molar-refractivity contribution in [3.63, 3.8) is 0 Å². The normalized spacial score (nSPS) is 11.6. The molecule has 0 saturated carbocycles. The topological polar surface area (TPSA) is 43.6 Å². The van der Waals surface area contributed by atoms with E-state index in [1.54, 1.807) is 19.5 Å². The molecule has 0 N–H and O–H groups in total. The minimum Gasteiger partial charge on any atom is -0.496 e. The minimum absolute atomic E-state index is 0.0665. The summed E-state index contributed by atoms with van der Waals surface area (Å²) in [5.74, 6) is 0.788.